The Balaban J connectivity index is 1.37. The van der Waals surface area contributed by atoms with E-state index >= 15 is 0 Å². The molecule has 2 aromatic carbocycles. The minimum atomic E-state index is -0.578. The van der Waals surface area contributed by atoms with Crippen molar-refractivity contribution in [3.8, 4) is 45.1 Å². The van der Waals surface area contributed by atoms with Crippen LogP contribution in [-0.2, 0) is 0 Å². The van der Waals surface area contributed by atoms with Gasteiger partial charge in [-0.25, -0.2) is 9.97 Å². The summed E-state index contributed by atoms with van der Waals surface area (Å²) in [6.07, 6.45) is 0. The third-order valence-electron chi connectivity index (χ3n) is 5.38. The molecule has 0 fully saturated rings. The van der Waals surface area contributed by atoms with Gasteiger partial charge < -0.3 is 19.2 Å². The van der Waals surface area contributed by atoms with Crippen molar-refractivity contribution in [2.75, 3.05) is 19.7 Å². The molecule has 0 bridgehead atoms. The number of aryl methyl sites for hydroxylation is 1. The molecule has 1 aliphatic rings. The van der Waals surface area contributed by atoms with Crippen LogP contribution in [0.2, 0.25) is 0 Å². The standard InChI is InChI=1S/C25H18N4O5S2/c1-13-22(36-24(27-13)14-3-6-16(32-2)7-4-14)18(30)11-35-25-28-21(17(10-26)23(31)29-25)15-5-8-19-20(9-15)34-12-33-19/h3-9H,11-12H2,1-2H3,(H,28,29,31). The Morgan fingerprint density at radius 2 is 1.92 bits per heavy atom. The third-order valence-corrected chi connectivity index (χ3v) is 7.50. The second kappa shape index (κ2) is 9.85. The van der Waals surface area contributed by atoms with Gasteiger partial charge in [0.2, 0.25) is 6.79 Å². The lowest BCUT2D eigenvalue weighted by Gasteiger charge is -2.07. The van der Waals surface area contributed by atoms with E-state index in [1.807, 2.05) is 30.3 Å². The first-order valence-corrected chi connectivity index (χ1v) is 12.5. The summed E-state index contributed by atoms with van der Waals surface area (Å²) in [4.78, 5) is 37.7. The number of nitriles is 1. The summed E-state index contributed by atoms with van der Waals surface area (Å²) >= 11 is 2.40. The van der Waals surface area contributed by atoms with Crippen LogP contribution >= 0.6 is 23.1 Å². The van der Waals surface area contributed by atoms with Gasteiger partial charge in [-0.05, 0) is 49.4 Å². The Hall–Kier alpha value is -4.14. The highest BCUT2D eigenvalue weighted by Crippen LogP contribution is 2.36. The number of Topliss-reactive ketones (excluding diaryl/α,β-unsaturated/α-hetero) is 1. The van der Waals surface area contributed by atoms with E-state index in [1.54, 1.807) is 32.2 Å². The number of thiazole rings is 1. The molecule has 0 aliphatic carbocycles. The molecule has 0 saturated carbocycles. The number of nitrogens with zero attached hydrogens (tertiary/aromatic N) is 3. The Labute approximate surface area is 213 Å². The second-order valence-electron chi connectivity index (χ2n) is 7.65. The van der Waals surface area contributed by atoms with Gasteiger partial charge in [0.1, 0.15) is 22.4 Å². The monoisotopic (exact) mass is 518 g/mol. The quantitative estimate of drug-likeness (QED) is 0.214. The summed E-state index contributed by atoms with van der Waals surface area (Å²) in [6.45, 7) is 1.90. The number of nitrogens with one attached hydrogen (secondary N) is 1. The summed E-state index contributed by atoms with van der Waals surface area (Å²) in [5.41, 5.74) is 1.58. The molecule has 5 rings (SSSR count). The zero-order valence-corrected chi connectivity index (χ0v) is 20.8. The molecule has 4 aromatic rings. The van der Waals surface area contributed by atoms with Crippen molar-refractivity contribution in [1.29, 1.82) is 5.26 Å². The molecule has 3 heterocycles. The Morgan fingerprint density at radius 1 is 1.17 bits per heavy atom. The summed E-state index contributed by atoms with van der Waals surface area (Å²) in [5, 5.41) is 10.5. The zero-order valence-electron chi connectivity index (χ0n) is 19.2. The normalized spacial score (nSPS) is 11.8. The SMILES string of the molecule is COc1ccc(-c2nc(C)c(C(=O)CSc3nc(-c4ccc5c(c4)OCO5)c(C#N)c(=O)[nH]3)s2)cc1. The van der Waals surface area contributed by atoms with Gasteiger partial charge in [-0.2, -0.15) is 5.26 Å². The molecule has 1 N–H and O–H groups in total. The first-order chi connectivity index (χ1) is 17.5. The predicted molar refractivity (Wildman–Crippen MR) is 135 cm³/mol. The number of ether oxygens (including phenoxy) is 3. The highest BCUT2D eigenvalue weighted by Gasteiger charge is 2.20. The summed E-state index contributed by atoms with van der Waals surface area (Å²) in [5.74, 6) is 1.74. The van der Waals surface area contributed by atoms with E-state index in [0.29, 0.717) is 27.6 Å². The molecule has 0 unspecified atom stereocenters. The largest absolute Gasteiger partial charge is 0.497 e. The van der Waals surface area contributed by atoms with E-state index < -0.39 is 5.56 Å². The molecule has 0 amide bonds. The van der Waals surface area contributed by atoms with Gasteiger partial charge in [0.15, 0.2) is 22.4 Å². The van der Waals surface area contributed by atoms with Crippen LogP contribution in [0.5, 0.6) is 17.2 Å². The molecule has 0 radical (unpaired) electrons. The second-order valence-corrected chi connectivity index (χ2v) is 9.61. The number of hydrogen-bond donors (Lipinski definition) is 1. The summed E-state index contributed by atoms with van der Waals surface area (Å²) < 4.78 is 15.9. The van der Waals surface area contributed by atoms with Crippen LogP contribution in [0.15, 0.2) is 52.4 Å². The Morgan fingerprint density at radius 3 is 2.67 bits per heavy atom. The number of benzene rings is 2. The number of thioether (sulfide) groups is 1. The highest BCUT2D eigenvalue weighted by molar-refractivity contribution is 7.99. The van der Waals surface area contributed by atoms with Crippen molar-refractivity contribution in [3.05, 3.63) is 69.0 Å². The van der Waals surface area contributed by atoms with E-state index in [-0.39, 0.29) is 34.7 Å². The predicted octanol–water partition coefficient (Wildman–Crippen LogP) is 4.45. The van der Waals surface area contributed by atoms with Crippen LogP contribution in [0.1, 0.15) is 20.9 Å². The molecule has 11 heteroatoms. The van der Waals surface area contributed by atoms with Gasteiger partial charge >= 0.3 is 0 Å². The fourth-order valence-corrected chi connectivity index (χ4v) is 5.42. The van der Waals surface area contributed by atoms with Crippen molar-refractivity contribution >= 4 is 28.9 Å². The fourth-order valence-electron chi connectivity index (χ4n) is 3.59. The van der Waals surface area contributed by atoms with Crippen molar-refractivity contribution in [2.24, 2.45) is 0 Å². The van der Waals surface area contributed by atoms with E-state index in [0.717, 1.165) is 28.1 Å². The van der Waals surface area contributed by atoms with Crippen molar-refractivity contribution in [3.63, 3.8) is 0 Å². The molecule has 0 atom stereocenters. The van der Waals surface area contributed by atoms with Gasteiger partial charge in [0.25, 0.3) is 5.56 Å². The number of aromatic nitrogens is 3. The lowest BCUT2D eigenvalue weighted by molar-refractivity contribution is 0.102. The lowest BCUT2D eigenvalue weighted by Crippen LogP contribution is -2.15. The Kier molecular flexibility index (Phi) is 6.45. The van der Waals surface area contributed by atoms with Crippen molar-refractivity contribution in [2.45, 2.75) is 12.1 Å². The first kappa shape index (κ1) is 23.6. The number of fused-ring (bicyclic) bond motifs is 1. The third kappa shape index (κ3) is 4.56. The molecule has 2 aromatic heterocycles. The Bertz CT molecular complexity index is 1570. The minimum absolute atomic E-state index is 0.0422. The molecule has 180 valence electrons. The van der Waals surface area contributed by atoms with Gasteiger partial charge in [-0.1, -0.05) is 11.8 Å². The smallest absolute Gasteiger partial charge is 0.270 e. The van der Waals surface area contributed by atoms with Gasteiger partial charge in [-0.3, -0.25) is 9.59 Å². The number of H-pyrrole nitrogens is 1. The highest BCUT2D eigenvalue weighted by atomic mass is 32.2. The van der Waals surface area contributed by atoms with Crippen LogP contribution < -0.4 is 19.8 Å². The van der Waals surface area contributed by atoms with Crippen molar-refractivity contribution in [1.82, 2.24) is 15.0 Å². The average molecular weight is 519 g/mol. The van der Waals surface area contributed by atoms with Crippen LogP contribution in [-0.4, -0.2) is 40.4 Å². The number of carbonyl (C=O) groups excluding carboxylic acids is 1. The van der Waals surface area contributed by atoms with Crippen LogP contribution in [0.25, 0.3) is 21.8 Å². The molecule has 1 aliphatic heterocycles. The topological polar surface area (TPSA) is 127 Å². The van der Waals surface area contributed by atoms with Gasteiger partial charge in [-0.15, -0.1) is 11.3 Å². The number of hydrogen-bond acceptors (Lipinski definition) is 10. The minimum Gasteiger partial charge on any atom is -0.497 e. The number of ketones is 1. The summed E-state index contributed by atoms with van der Waals surface area (Å²) in [6, 6.07) is 14.5. The van der Waals surface area contributed by atoms with E-state index in [4.69, 9.17) is 14.2 Å². The average Bonchev–Trinajstić information content (AvgIpc) is 3.53. The lowest BCUT2D eigenvalue weighted by atomic mass is 10.1. The molecular formula is C25H18N4O5S2. The van der Waals surface area contributed by atoms with Crippen molar-refractivity contribution < 1.29 is 19.0 Å². The van der Waals surface area contributed by atoms with Crippen LogP contribution in [0.3, 0.4) is 0 Å². The van der Waals surface area contributed by atoms with Crippen LogP contribution in [0, 0.1) is 18.3 Å². The number of methoxy groups -OCH3 is 1. The van der Waals surface area contributed by atoms with Gasteiger partial charge in [0, 0.05) is 11.1 Å². The maximum Gasteiger partial charge on any atom is 0.270 e. The molecule has 36 heavy (non-hydrogen) atoms. The molecular weight excluding hydrogens is 500 g/mol. The van der Waals surface area contributed by atoms with E-state index in [1.165, 1.54) is 11.3 Å². The zero-order chi connectivity index (χ0) is 25.2. The first-order valence-electron chi connectivity index (χ1n) is 10.7. The van der Waals surface area contributed by atoms with E-state index in [2.05, 4.69) is 15.0 Å². The van der Waals surface area contributed by atoms with Gasteiger partial charge in [0.05, 0.1) is 29.1 Å². The summed E-state index contributed by atoms with van der Waals surface area (Å²) in [7, 11) is 1.60. The number of rotatable bonds is 7. The molecule has 0 spiro atoms. The number of aromatic amines is 1. The maximum absolute atomic E-state index is 13.0. The van der Waals surface area contributed by atoms with E-state index in [9.17, 15) is 14.9 Å². The number of carbonyl (C=O) groups is 1. The van der Waals surface area contributed by atoms with Crippen LogP contribution in [0.4, 0.5) is 0 Å². The molecule has 0 saturated heterocycles. The molecule has 9 nitrogen and oxygen atoms in total. The maximum atomic E-state index is 13.0. The fraction of sp³-hybridized carbons (Fsp3) is 0.160.